The smallest absolute Gasteiger partial charge is 0.259 e. The zero-order valence-corrected chi connectivity index (χ0v) is 21.1. The standard InChI is InChI=1S/C28H34FN3O4/c1-18-15-32(19(2)17-33)28(35)24-13-22(20-7-5-4-6-8-20)14-30-26(24)36-25(18)16-31(3)27(34)21-9-11-23(29)12-10-21/h7,9-14,18-19,25,33H,4-6,8,15-17H2,1-3H3/t18-,19+,25-/m0/s1. The second-order valence-electron chi connectivity index (χ2n) is 9.87. The van der Waals surface area contributed by atoms with Crippen molar-refractivity contribution in [1.29, 1.82) is 0 Å². The summed E-state index contributed by atoms with van der Waals surface area (Å²) in [5, 5.41) is 9.86. The van der Waals surface area contributed by atoms with E-state index in [1.807, 2.05) is 19.9 Å². The zero-order valence-electron chi connectivity index (χ0n) is 21.1. The van der Waals surface area contributed by atoms with Crippen LogP contribution in [0, 0.1) is 11.7 Å². The van der Waals surface area contributed by atoms with Crippen molar-refractivity contribution >= 4 is 17.4 Å². The van der Waals surface area contributed by atoms with Gasteiger partial charge in [-0.15, -0.1) is 0 Å². The molecule has 0 spiro atoms. The van der Waals surface area contributed by atoms with Crippen LogP contribution in [0.2, 0.25) is 0 Å². The van der Waals surface area contributed by atoms with E-state index in [0.29, 0.717) is 17.7 Å². The van der Waals surface area contributed by atoms with Gasteiger partial charge in [0.1, 0.15) is 17.5 Å². The number of hydrogen-bond acceptors (Lipinski definition) is 5. The molecule has 1 aliphatic carbocycles. The number of aliphatic hydroxyl groups is 1. The molecule has 36 heavy (non-hydrogen) atoms. The molecule has 8 heteroatoms. The summed E-state index contributed by atoms with van der Waals surface area (Å²) in [4.78, 5) is 34.3. The minimum atomic E-state index is -0.452. The average Bonchev–Trinajstić information content (AvgIpc) is 2.90. The lowest BCUT2D eigenvalue weighted by Gasteiger charge is -2.37. The molecule has 2 heterocycles. The molecule has 0 radical (unpaired) electrons. The number of nitrogens with zero attached hydrogens (tertiary/aromatic N) is 3. The molecule has 0 unspecified atom stereocenters. The predicted molar refractivity (Wildman–Crippen MR) is 135 cm³/mol. The fourth-order valence-corrected chi connectivity index (χ4v) is 4.76. The number of benzene rings is 1. The lowest BCUT2D eigenvalue weighted by Crippen LogP contribution is -2.50. The average molecular weight is 496 g/mol. The number of likely N-dealkylation sites (N-methyl/N-ethyl adjacent to an activating group) is 1. The van der Waals surface area contributed by atoms with E-state index in [9.17, 15) is 19.1 Å². The lowest BCUT2D eigenvalue weighted by atomic mass is 9.93. The van der Waals surface area contributed by atoms with E-state index in [2.05, 4.69) is 11.1 Å². The minimum Gasteiger partial charge on any atom is -0.472 e. The summed E-state index contributed by atoms with van der Waals surface area (Å²) in [7, 11) is 1.67. The molecular weight excluding hydrogens is 461 g/mol. The summed E-state index contributed by atoms with van der Waals surface area (Å²) in [6.07, 6.45) is 7.73. The molecule has 0 saturated carbocycles. The van der Waals surface area contributed by atoms with Gasteiger partial charge in [0.25, 0.3) is 11.8 Å². The molecular formula is C28H34FN3O4. The highest BCUT2D eigenvalue weighted by molar-refractivity contribution is 5.97. The van der Waals surface area contributed by atoms with E-state index in [0.717, 1.165) is 31.2 Å². The van der Waals surface area contributed by atoms with Gasteiger partial charge >= 0.3 is 0 Å². The highest BCUT2D eigenvalue weighted by Crippen LogP contribution is 2.32. The third-order valence-electron chi connectivity index (χ3n) is 7.07. The Morgan fingerprint density at radius 3 is 2.72 bits per heavy atom. The van der Waals surface area contributed by atoms with Crippen molar-refractivity contribution in [3.63, 3.8) is 0 Å². The quantitative estimate of drug-likeness (QED) is 0.651. The van der Waals surface area contributed by atoms with Crippen molar-refractivity contribution in [1.82, 2.24) is 14.8 Å². The number of carbonyl (C=O) groups excluding carboxylic acids is 2. The van der Waals surface area contributed by atoms with Crippen molar-refractivity contribution < 1.29 is 23.8 Å². The summed E-state index contributed by atoms with van der Waals surface area (Å²) in [5.74, 6) is -0.799. The molecule has 1 N–H and O–H groups in total. The lowest BCUT2D eigenvalue weighted by molar-refractivity contribution is 0.0313. The number of allylic oxidation sites excluding steroid dienone is 2. The second kappa shape index (κ2) is 11.2. The summed E-state index contributed by atoms with van der Waals surface area (Å²) < 4.78 is 19.6. The van der Waals surface area contributed by atoms with Gasteiger partial charge < -0.3 is 19.6 Å². The number of amides is 2. The Morgan fingerprint density at radius 1 is 1.31 bits per heavy atom. The molecule has 2 aliphatic rings. The van der Waals surface area contributed by atoms with E-state index in [-0.39, 0.29) is 42.8 Å². The number of fused-ring (bicyclic) bond motifs is 1. The molecule has 0 saturated heterocycles. The van der Waals surface area contributed by atoms with E-state index in [4.69, 9.17) is 4.74 Å². The maximum atomic E-state index is 13.6. The number of aliphatic hydroxyl groups excluding tert-OH is 1. The molecule has 1 aromatic heterocycles. The van der Waals surface area contributed by atoms with Crippen molar-refractivity contribution in [2.45, 2.75) is 51.7 Å². The Morgan fingerprint density at radius 2 is 2.06 bits per heavy atom. The second-order valence-corrected chi connectivity index (χ2v) is 9.87. The van der Waals surface area contributed by atoms with E-state index < -0.39 is 11.9 Å². The molecule has 4 rings (SSSR count). The summed E-state index contributed by atoms with van der Waals surface area (Å²) >= 11 is 0. The third kappa shape index (κ3) is 5.59. The summed E-state index contributed by atoms with van der Waals surface area (Å²) in [6.45, 7) is 4.21. The van der Waals surface area contributed by atoms with Crippen molar-refractivity contribution in [3.8, 4) is 5.88 Å². The third-order valence-corrected chi connectivity index (χ3v) is 7.07. The molecule has 3 atom stereocenters. The van der Waals surface area contributed by atoms with Crippen LogP contribution in [0.5, 0.6) is 5.88 Å². The number of ether oxygens (including phenoxy) is 1. The Labute approximate surface area is 211 Å². The highest BCUT2D eigenvalue weighted by atomic mass is 19.1. The number of carbonyl (C=O) groups is 2. The first-order valence-corrected chi connectivity index (χ1v) is 12.6. The normalized spacial score (nSPS) is 21.0. The Balaban J connectivity index is 1.64. The van der Waals surface area contributed by atoms with Crippen LogP contribution in [0.4, 0.5) is 4.39 Å². The largest absolute Gasteiger partial charge is 0.472 e. The summed E-state index contributed by atoms with van der Waals surface area (Å²) in [6, 6.07) is 6.89. The predicted octanol–water partition coefficient (Wildman–Crippen LogP) is 4.17. The van der Waals surface area contributed by atoms with Crippen LogP contribution in [0.1, 0.15) is 65.8 Å². The van der Waals surface area contributed by atoms with Crippen LogP contribution >= 0.6 is 0 Å². The van der Waals surface area contributed by atoms with Gasteiger partial charge in [-0.3, -0.25) is 9.59 Å². The van der Waals surface area contributed by atoms with Gasteiger partial charge in [0.05, 0.1) is 19.2 Å². The molecule has 192 valence electrons. The molecule has 1 aromatic carbocycles. The first-order chi connectivity index (χ1) is 17.3. The maximum Gasteiger partial charge on any atom is 0.259 e. The van der Waals surface area contributed by atoms with Crippen LogP contribution in [0.3, 0.4) is 0 Å². The van der Waals surface area contributed by atoms with Crippen LogP contribution in [0.25, 0.3) is 5.57 Å². The Kier molecular flexibility index (Phi) is 8.04. The van der Waals surface area contributed by atoms with Gasteiger partial charge in [0.15, 0.2) is 0 Å². The fourth-order valence-electron chi connectivity index (χ4n) is 4.76. The van der Waals surface area contributed by atoms with E-state index in [1.165, 1.54) is 29.8 Å². The van der Waals surface area contributed by atoms with Gasteiger partial charge in [-0.2, -0.15) is 0 Å². The molecule has 0 bridgehead atoms. The molecule has 1 aliphatic heterocycles. The number of rotatable bonds is 6. The number of aromatic nitrogens is 1. The first kappa shape index (κ1) is 25.8. The Bertz CT molecular complexity index is 1130. The van der Waals surface area contributed by atoms with E-state index in [1.54, 1.807) is 23.0 Å². The highest BCUT2D eigenvalue weighted by Gasteiger charge is 2.35. The topological polar surface area (TPSA) is 83.0 Å². The van der Waals surface area contributed by atoms with Crippen LogP contribution in [-0.2, 0) is 0 Å². The molecule has 2 amide bonds. The SMILES string of the molecule is C[C@H](CO)N1C[C@H](C)[C@H](CN(C)C(=O)c2ccc(F)cc2)Oc2ncc(C3=CCCCC3)cc2C1=O. The van der Waals surface area contributed by atoms with Gasteiger partial charge in [-0.1, -0.05) is 13.0 Å². The van der Waals surface area contributed by atoms with Gasteiger partial charge in [0.2, 0.25) is 5.88 Å². The van der Waals surface area contributed by atoms with Gasteiger partial charge in [-0.25, -0.2) is 9.37 Å². The maximum absolute atomic E-state index is 13.6. The first-order valence-electron chi connectivity index (χ1n) is 12.6. The van der Waals surface area contributed by atoms with Crippen molar-refractivity contribution in [2.24, 2.45) is 5.92 Å². The Hall–Kier alpha value is -3.26. The van der Waals surface area contributed by atoms with E-state index >= 15 is 0 Å². The minimum absolute atomic E-state index is 0.151. The van der Waals surface area contributed by atoms with Crippen molar-refractivity contribution in [2.75, 3.05) is 26.7 Å². The summed E-state index contributed by atoms with van der Waals surface area (Å²) in [5.41, 5.74) is 2.84. The van der Waals surface area contributed by atoms with Gasteiger partial charge in [-0.05, 0) is 74.1 Å². The number of pyridine rings is 1. The fraction of sp³-hybridized carbons (Fsp3) is 0.464. The monoisotopic (exact) mass is 495 g/mol. The van der Waals surface area contributed by atoms with Crippen LogP contribution < -0.4 is 4.74 Å². The zero-order chi connectivity index (χ0) is 25.8. The van der Waals surface area contributed by atoms with Crippen LogP contribution in [0.15, 0.2) is 42.6 Å². The van der Waals surface area contributed by atoms with Crippen LogP contribution in [-0.4, -0.2) is 70.6 Å². The number of hydrogen-bond donors (Lipinski definition) is 1. The van der Waals surface area contributed by atoms with Crippen molar-refractivity contribution in [3.05, 3.63) is 65.1 Å². The molecule has 2 aromatic rings. The van der Waals surface area contributed by atoms with Gasteiger partial charge in [0, 0.05) is 31.3 Å². The number of halogens is 1. The molecule has 7 nitrogen and oxygen atoms in total. The molecule has 0 fully saturated rings.